The summed E-state index contributed by atoms with van der Waals surface area (Å²) < 4.78 is 71.6. The Morgan fingerprint density at radius 2 is 1.65 bits per heavy atom. The standard InChI is InChI=1S/C27H25F3N2O4S/c1-17-9-11-19(12-10-17)25-24(26(33)31-2)21-15-20(18-7-5-4-6-8-18)22(16-23(21)36-25)32(37(3,34)35)14-13-27(28,29)30/h4-12,15-16H,13-14H2,1-3H3,(H,31,33). The van der Waals surface area contributed by atoms with E-state index in [1.54, 1.807) is 48.5 Å². The third-order valence-electron chi connectivity index (χ3n) is 5.93. The summed E-state index contributed by atoms with van der Waals surface area (Å²) in [7, 11) is -2.63. The van der Waals surface area contributed by atoms with Gasteiger partial charge < -0.3 is 9.73 Å². The summed E-state index contributed by atoms with van der Waals surface area (Å²) in [5.74, 6) is -0.148. The van der Waals surface area contributed by atoms with Crippen LogP contribution in [0.3, 0.4) is 0 Å². The van der Waals surface area contributed by atoms with Gasteiger partial charge >= 0.3 is 6.18 Å². The molecular formula is C27H25F3N2O4S. The highest BCUT2D eigenvalue weighted by atomic mass is 32.2. The molecule has 194 valence electrons. The van der Waals surface area contributed by atoms with Crippen LogP contribution in [0.5, 0.6) is 0 Å². The summed E-state index contributed by atoms with van der Waals surface area (Å²) in [5.41, 5.74) is 2.99. The fraction of sp³-hybridized carbons (Fsp3) is 0.222. The van der Waals surface area contributed by atoms with Gasteiger partial charge in [-0.15, -0.1) is 0 Å². The number of hydrogen-bond acceptors (Lipinski definition) is 4. The van der Waals surface area contributed by atoms with Gasteiger partial charge in [0.15, 0.2) is 0 Å². The Hall–Kier alpha value is -3.79. The van der Waals surface area contributed by atoms with Crippen molar-refractivity contribution in [2.45, 2.75) is 19.5 Å². The molecule has 4 rings (SSSR count). The summed E-state index contributed by atoms with van der Waals surface area (Å²) in [6, 6.07) is 19.0. The number of nitrogens with zero attached hydrogens (tertiary/aromatic N) is 1. The number of halogens is 3. The average molecular weight is 531 g/mol. The van der Waals surface area contributed by atoms with Gasteiger partial charge in [-0.2, -0.15) is 13.2 Å². The van der Waals surface area contributed by atoms with E-state index in [2.05, 4.69) is 5.32 Å². The summed E-state index contributed by atoms with van der Waals surface area (Å²) in [6.07, 6.45) is -5.03. The molecule has 0 spiro atoms. The number of sulfonamides is 1. The highest BCUT2D eigenvalue weighted by Crippen LogP contribution is 2.42. The lowest BCUT2D eigenvalue weighted by Gasteiger charge is -2.25. The third kappa shape index (κ3) is 5.64. The first-order chi connectivity index (χ1) is 17.4. The monoisotopic (exact) mass is 530 g/mol. The lowest BCUT2D eigenvalue weighted by atomic mass is 9.98. The number of amides is 1. The number of benzene rings is 3. The minimum atomic E-state index is -4.56. The number of anilines is 1. The molecule has 0 saturated carbocycles. The number of alkyl halides is 3. The summed E-state index contributed by atoms with van der Waals surface area (Å²) >= 11 is 0. The van der Waals surface area contributed by atoms with E-state index >= 15 is 0 Å². The molecule has 0 aliphatic heterocycles. The molecule has 4 aromatic rings. The number of aryl methyl sites for hydroxylation is 1. The molecule has 0 radical (unpaired) electrons. The minimum absolute atomic E-state index is 0.0260. The summed E-state index contributed by atoms with van der Waals surface area (Å²) in [4.78, 5) is 13.0. The molecule has 1 amide bonds. The Labute approximate surface area is 212 Å². The first-order valence-electron chi connectivity index (χ1n) is 11.4. The first-order valence-corrected chi connectivity index (χ1v) is 13.2. The van der Waals surface area contributed by atoms with E-state index in [1.807, 2.05) is 19.1 Å². The Balaban J connectivity index is 2.04. The molecule has 1 aromatic heterocycles. The van der Waals surface area contributed by atoms with Crippen LogP contribution in [0.15, 0.2) is 71.1 Å². The van der Waals surface area contributed by atoms with Crippen LogP contribution in [0.2, 0.25) is 0 Å². The molecule has 1 N–H and O–H groups in total. The number of rotatable bonds is 7. The number of carbonyl (C=O) groups is 1. The molecule has 6 nitrogen and oxygen atoms in total. The number of fused-ring (bicyclic) bond motifs is 1. The van der Waals surface area contributed by atoms with Crippen LogP contribution in [0.4, 0.5) is 18.9 Å². The van der Waals surface area contributed by atoms with Crippen LogP contribution in [0.25, 0.3) is 33.4 Å². The van der Waals surface area contributed by atoms with Crippen LogP contribution in [0.1, 0.15) is 22.3 Å². The van der Waals surface area contributed by atoms with Gasteiger partial charge in [-0.1, -0.05) is 60.2 Å². The largest absolute Gasteiger partial charge is 0.455 e. The fourth-order valence-electron chi connectivity index (χ4n) is 4.14. The third-order valence-corrected chi connectivity index (χ3v) is 7.11. The van der Waals surface area contributed by atoms with Crippen molar-refractivity contribution in [3.8, 4) is 22.5 Å². The zero-order valence-corrected chi connectivity index (χ0v) is 21.2. The zero-order valence-electron chi connectivity index (χ0n) is 20.4. The van der Waals surface area contributed by atoms with Gasteiger partial charge in [-0.05, 0) is 18.6 Å². The number of carbonyl (C=O) groups excluding carboxylic acids is 1. The minimum Gasteiger partial charge on any atom is -0.455 e. The lowest BCUT2D eigenvalue weighted by molar-refractivity contribution is -0.131. The van der Waals surface area contributed by atoms with Crippen LogP contribution < -0.4 is 9.62 Å². The van der Waals surface area contributed by atoms with E-state index in [1.165, 1.54) is 13.1 Å². The van der Waals surface area contributed by atoms with Gasteiger partial charge in [-0.3, -0.25) is 9.10 Å². The predicted octanol–water partition coefficient (Wildman–Crippen LogP) is 6.15. The van der Waals surface area contributed by atoms with E-state index in [0.29, 0.717) is 22.1 Å². The topological polar surface area (TPSA) is 79.6 Å². The Kier molecular flexibility index (Phi) is 7.05. The van der Waals surface area contributed by atoms with Gasteiger partial charge in [0.2, 0.25) is 10.0 Å². The van der Waals surface area contributed by atoms with E-state index in [-0.39, 0.29) is 22.6 Å². The Morgan fingerprint density at radius 1 is 1.00 bits per heavy atom. The second-order valence-corrected chi connectivity index (χ2v) is 10.6. The Morgan fingerprint density at radius 3 is 2.22 bits per heavy atom. The Bertz CT molecular complexity index is 1540. The van der Waals surface area contributed by atoms with Crippen molar-refractivity contribution in [2.24, 2.45) is 0 Å². The van der Waals surface area contributed by atoms with Crippen molar-refractivity contribution < 1.29 is 30.8 Å². The smallest absolute Gasteiger partial charge is 0.390 e. The molecule has 0 atom stereocenters. The highest BCUT2D eigenvalue weighted by Gasteiger charge is 2.32. The van der Waals surface area contributed by atoms with E-state index in [9.17, 15) is 26.4 Å². The van der Waals surface area contributed by atoms with Gasteiger partial charge in [0.05, 0.1) is 23.9 Å². The van der Waals surface area contributed by atoms with Gasteiger partial charge in [0.25, 0.3) is 5.91 Å². The molecule has 37 heavy (non-hydrogen) atoms. The first kappa shape index (κ1) is 26.3. The lowest BCUT2D eigenvalue weighted by Crippen LogP contribution is -2.33. The number of nitrogens with one attached hydrogen (secondary N) is 1. The maximum atomic E-state index is 13.1. The predicted molar refractivity (Wildman–Crippen MR) is 138 cm³/mol. The number of furan rings is 1. The van der Waals surface area contributed by atoms with Crippen molar-refractivity contribution in [3.63, 3.8) is 0 Å². The van der Waals surface area contributed by atoms with Gasteiger partial charge in [0.1, 0.15) is 11.3 Å². The van der Waals surface area contributed by atoms with Crippen molar-refractivity contribution in [1.29, 1.82) is 0 Å². The quantitative estimate of drug-likeness (QED) is 0.311. The van der Waals surface area contributed by atoms with Crippen molar-refractivity contribution in [3.05, 3.63) is 77.9 Å². The van der Waals surface area contributed by atoms with Gasteiger partial charge in [-0.25, -0.2) is 8.42 Å². The molecule has 0 saturated heterocycles. The number of hydrogen-bond donors (Lipinski definition) is 1. The molecule has 3 aromatic carbocycles. The van der Waals surface area contributed by atoms with Crippen molar-refractivity contribution in [2.75, 3.05) is 24.2 Å². The molecular weight excluding hydrogens is 505 g/mol. The molecule has 0 aliphatic rings. The molecule has 0 bridgehead atoms. The van der Waals surface area contributed by atoms with Crippen molar-refractivity contribution in [1.82, 2.24) is 5.32 Å². The zero-order chi connectivity index (χ0) is 27.0. The molecule has 0 fully saturated rings. The molecule has 1 heterocycles. The van der Waals surface area contributed by atoms with Crippen LogP contribution in [-0.2, 0) is 10.0 Å². The SMILES string of the molecule is CNC(=O)c1c(-c2ccc(C)cc2)oc2cc(N(CCC(F)(F)F)S(C)(=O)=O)c(-c3ccccc3)cc12. The molecule has 10 heteroatoms. The van der Waals surface area contributed by atoms with E-state index in [0.717, 1.165) is 16.1 Å². The highest BCUT2D eigenvalue weighted by molar-refractivity contribution is 7.92. The van der Waals surface area contributed by atoms with E-state index < -0.39 is 35.1 Å². The summed E-state index contributed by atoms with van der Waals surface area (Å²) in [6.45, 7) is 1.11. The molecule has 0 unspecified atom stereocenters. The fourth-order valence-corrected chi connectivity index (χ4v) is 5.07. The van der Waals surface area contributed by atoms with E-state index in [4.69, 9.17) is 4.42 Å². The average Bonchev–Trinajstić information content (AvgIpc) is 3.21. The van der Waals surface area contributed by atoms with Crippen LogP contribution >= 0.6 is 0 Å². The molecule has 0 aliphatic carbocycles. The second kappa shape index (κ2) is 9.93. The normalized spacial score (nSPS) is 12.1. The maximum Gasteiger partial charge on any atom is 0.390 e. The maximum absolute atomic E-state index is 13.1. The second-order valence-electron chi connectivity index (χ2n) is 8.68. The van der Waals surface area contributed by atoms with Crippen LogP contribution in [0, 0.1) is 6.92 Å². The van der Waals surface area contributed by atoms with Gasteiger partial charge in [0, 0.05) is 36.2 Å². The van der Waals surface area contributed by atoms with Crippen LogP contribution in [-0.4, -0.2) is 40.3 Å². The van der Waals surface area contributed by atoms with Crippen molar-refractivity contribution >= 4 is 32.6 Å². The summed E-state index contributed by atoms with van der Waals surface area (Å²) in [5, 5.41) is 3.01.